The second-order valence-corrected chi connectivity index (χ2v) is 8.31. The molecule has 4 heteroatoms. The molecular weight excluding hydrogens is 252 g/mol. The Morgan fingerprint density at radius 1 is 1.35 bits per heavy atom. The molecule has 2 rings (SSSR count). The molecule has 0 aromatic heterocycles. The van der Waals surface area contributed by atoms with Gasteiger partial charge < -0.3 is 5.11 Å². The Morgan fingerprint density at radius 2 is 2.00 bits per heavy atom. The molecule has 0 aliphatic carbocycles. The Hall–Kier alpha value is -0.320. The van der Waals surface area contributed by atoms with Crippen molar-refractivity contribution in [2.24, 2.45) is 0 Å². The Balaban J connectivity index is 2.33. The van der Waals surface area contributed by atoms with Gasteiger partial charge in [-0.25, -0.2) is 0 Å². The minimum atomic E-state index is -0.976. The molecule has 94 valence electrons. The molecule has 0 radical (unpaired) electrons. The van der Waals surface area contributed by atoms with Gasteiger partial charge in [-0.2, -0.15) is 0 Å². The number of hydrogen-bond acceptors (Lipinski definition) is 3. The van der Waals surface area contributed by atoms with Gasteiger partial charge in [0.1, 0.15) is 4.08 Å². The summed E-state index contributed by atoms with van der Waals surface area (Å²) < 4.78 is 11.7. The Labute approximate surface area is 109 Å². The van der Waals surface area contributed by atoms with Gasteiger partial charge in [0, 0.05) is 21.4 Å². The number of rotatable bonds is 3. The van der Waals surface area contributed by atoms with Crippen LogP contribution >= 0.6 is 11.8 Å². The lowest BCUT2D eigenvalue weighted by Crippen LogP contribution is -2.48. The van der Waals surface area contributed by atoms with E-state index in [-0.39, 0.29) is 0 Å². The van der Waals surface area contributed by atoms with Crippen LogP contribution in [0.2, 0.25) is 0 Å². The van der Waals surface area contributed by atoms with E-state index in [1.807, 2.05) is 30.3 Å². The van der Waals surface area contributed by atoms with Crippen molar-refractivity contribution in [2.45, 2.75) is 41.3 Å². The molecule has 0 bridgehead atoms. The highest BCUT2D eigenvalue weighted by Gasteiger charge is 2.52. The summed E-state index contributed by atoms with van der Waals surface area (Å²) in [6, 6.07) is 9.92. The number of aliphatic hydroxyl groups is 1. The van der Waals surface area contributed by atoms with Gasteiger partial charge in [0.15, 0.2) is 0 Å². The highest BCUT2D eigenvalue weighted by Crippen LogP contribution is 2.50. The molecule has 0 spiro atoms. The fourth-order valence-corrected chi connectivity index (χ4v) is 5.95. The first-order valence-electron chi connectivity index (χ1n) is 5.81. The van der Waals surface area contributed by atoms with Crippen molar-refractivity contribution < 1.29 is 9.32 Å². The molecule has 1 heterocycles. The van der Waals surface area contributed by atoms with Crippen LogP contribution in [-0.4, -0.2) is 24.7 Å². The van der Waals surface area contributed by atoms with Crippen LogP contribution in [0.1, 0.15) is 26.7 Å². The van der Waals surface area contributed by atoms with Crippen LogP contribution in [0.3, 0.4) is 0 Å². The predicted molar refractivity (Wildman–Crippen MR) is 73.6 cm³/mol. The lowest BCUT2D eigenvalue weighted by Gasteiger charge is -2.38. The summed E-state index contributed by atoms with van der Waals surface area (Å²) in [5.41, 5.74) is -0.936. The van der Waals surface area contributed by atoms with Crippen molar-refractivity contribution in [3.63, 3.8) is 0 Å². The molecule has 1 saturated heterocycles. The maximum atomic E-state index is 12.3. The summed E-state index contributed by atoms with van der Waals surface area (Å²) in [4.78, 5) is 1.07. The molecule has 1 aliphatic rings. The fraction of sp³-hybridized carbons (Fsp3) is 0.538. The first kappa shape index (κ1) is 13.1. The maximum absolute atomic E-state index is 12.3. The quantitative estimate of drug-likeness (QED) is 0.917. The molecule has 1 unspecified atom stereocenters. The van der Waals surface area contributed by atoms with Crippen LogP contribution in [0.5, 0.6) is 0 Å². The highest BCUT2D eigenvalue weighted by atomic mass is 32.2. The smallest absolute Gasteiger partial charge is 0.123 e. The standard InChI is InChI=1S/C13H18O2S2/c1-12(2,14)13(9-6-10-17(13)15)16-11-7-4-3-5-8-11/h3-5,7-8,14H,6,9-10H2,1-2H3/t13-,17?/m0/s1. The third-order valence-electron chi connectivity index (χ3n) is 3.16. The third kappa shape index (κ3) is 2.44. The molecule has 17 heavy (non-hydrogen) atoms. The van der Waals surface area contributed by atoms with Gasteiger partial charge in [-0.1, -0.05) is 18.2 Å². The molecule has 1 N–H and O–H groups in total. The summed E-state index contributed by atoms with van der Waals surface area (Å²) >= 11 is 1.56. The van der Waals surface area contributed by atoms with Gasteiger partial charge in [-0.15, -0.1) is 11.8 Å². The zero-order valence-electron chi connectivity index (χ0n) is 10.2. The fourth-order valence-electron chi connectivity index (χ4n) is 2.20. The highest BCUT2D eigenvalue weighted by molar-refractivity contribution is 8.12. The van der Waals surface area contributed by atoms with E-state index in [1.54, 1.807) is 25.6 Å². The summed E-state index contributed by atoms with van der Waals surface area (Å²) in [6.07, 6.45) is 1.74. The van der Waals surface area contributed by atoms with Crippen molar-refractivity contribution in [1.29, 1.82) is 0 Å². The molecule has 1 aliphatic heterocycles. The number of thioether (sulfide) groups is 1. The monoisotopic (exact) mass is 270 g/mol. The van der Waals surface area contributed by atoms with Gasteiger partial charge >= 0.3 is 0 Å². The lowest BCUT2D eigenvalue weighted by atomic mass is 10.0. The van der Waals surface area contributed by atoms with Crippen molar-refractivity contribution >= 4 is 22.6 Å². The number of benzene rings is 1. The lowest BCUT2D eigenvalue weighted by molar-refractivity contribution is 0.0650. The normalized spacial score (nSPS) is 29.5. The Morgan fingerprint density at radius 3 is 2.47 bits per heavy atom. The van der Waals surface area contributed by atoms with Gasteiger partial charge in [-0.05, 0) is 38.8 Å². The molecule has 1 aromatic rings. The third-order valence-corrected chi connectivity index (χ3v) is 7.61. The van der Waals surface area contributed by atoms with E-state index in [0.717, 1.165) is 17.7 Å². The van der Waals surface area contributed by atoms with E-state index in [1.165, 1.54) is 0 Å². The first-order valence-corrected chi connectivity index (χ1v) is 7.94. The van der Waals surface area contributed by atoms with E-state index in [4.69, 9.17) is 0 Å². The van der Waals surface area contributed by atoms with Crippen LogP contribution in [0, 0.1) is 0 Å². The van der Waals surface area contributed by atoms with E-state index < -0.39 is 20.5 Å². The summed E-state index contributed by atoms with van der Waals surface area (Å²) in [5.74, 6) is 0.698. The summed E-state index contributed by atoms with van der Waals surface area (Å²) in [7, 11) is -0.976. The average Bonchev–Trinajstić information content (AvgIpc) is 2.62. The molecule has 0 saturated carbocycles. The van der Waals surface area contributed by atoms with Crippen LogP contribution in [0.15, 0.2) is 35.2 Å². The van der Waals surface area contributed by atoms with Gasteiger partial charge in [0.05, 0.1) is 5.60 Å². The second kappa shape index (κ2) is 4.75. The zero-order valence-corrected chi connectivity index (χ0v) is 11.8. The van der Waals surface area contributed by atoms with Crippen molar-refractivity contribution in [3.8, 4) is 0 Å². The molecule has 0 amide bonds. The average molecular weight is 270 g/mol. The van der Waals surface area contributed by atoms with Crippen LogP contribution < -0.4 is 0 Å². The van der Waals surface area contributed by atoms with E-state index in [9.17, 15) is 9.32 Å². The Bertz CT molecular complexity index is 411. The number of hydrogen-bond donors (Lipinski definition) is 1. The van der Waals surface area contributed by atoms with Crippen molar-refractivity contribution in [2.75, 3.05) is 5.75 Å². The minimum absolute atomic E-state index is 0.561. The van der Waals surface area contributed by atoms with Crippen molar-refractivity contribution in [1.82, 2.24) is 0 Å². The molecule has 2 nitrogen and oxygen atoms in total. The van der Waals surface area contributed by atoms with E-state index in [0.29, 0.717) is 5.75 Å². The molecule has 1 fully saturated rings. The Kier molecular flexibility index (Phi) is 3.66. The van der Waals surface area contributed by atoms with Gasteiger partial charge in [0.2, 0.25) is 0 Å². The van der Waals surface area contributed by atoms with Gasteiger partial charge in [0.25, 0.3) is 0 Å². The SMILES string of the molecule is CC(C)(O)[C@]1(Sc2ccccc2)CCCS1=O. The molecule has 2 atom stereocenters. The maximum Gasteiger partial charge on any atom is 0.123 e. The molecule has 1 aromatic carbocycles. The van der Waals surface area contributed by atoms with Crippen LogP contribution in [-0.2, 0) is 10.8 Å². The zero-order chi connectivity index (χ0) is 12.5. The van der Waals surface area contributed by atoms with E-state index >= 15 is 0 Å². The second-order valence-electron chi connectivity index (χ2n) is 4.88. The molecular formula is C13H18O2S2. The van der Waals surface area contributed by atoms with Crippen LogP contribution in [0.4, 0.5) is 0 Å². The topological polar surface area (TPSA) is 37.3 Å². The summed E-state index contributed by atoms with van der Waals surface area (Å²) in [5, 5.41) is 10.4. The predicted octanol–water partition coefficient (Wildman–Crippen LogP) is 2.79. The van der Waals surface area contributed by atoms with E-state index in [2.05, 4.69) is 0 Å². The minimum Gasteiger partial charge on any atom is -0.388 e. The largest absolute Gasteiger partial charge is 0.388 e. The van der Waals surface area contributed by atoms with Crippen LogP contribution in [0.25, 0.3) is 0 Å². The van der Waals surface area contributed by atoms with Crippen molar-refractivity contribution in [3.05, 3.63) is 30.3 Å². The van der Waals surface area contributed by atoms with Gasteiger partial charge in [-0.3, -0.25) is 4.21 Å². The summed E-state index contributed by atoms with van der Waals surface area (Å²) in [6.45, 7) is 3.54. The first-order chi connectivity index (χ1) is 7.96.